The number of halogens is 4. The number of rotatable bonds is 2. The lowest BCUT2D eigenvalue weighted by Crippen LogP contribution is -2.11. The van der Waals surface area contributed by atoms with Gasteiger partial charge in [0.05, 0.1) is 23.5 Å². The van der Waals surface area contributed by atoms with Crippen LogP contribution >= 0.6 is 15.9 Å². The highest BCUT2D eigenvalue weighted by molar-refractivity contribution is 9.10. The Kier molecular flexibility index (Phi) is 3.99. The van der Waals surface area contributed by atoms with Crippen molar-refractivity contribution in [3.8, 4) is 17.7 Å². The zero-order valence-corrected chi connectivity index (χ0v) is 11.6. The Hall–Kier alpha value is -2.34. The van der Waals surface area contributed by atoms with Crippen LogP contribution in [0.4, 0.5) is 13.2 Å². The van der Waals surface area contributed by atoms with E-state index in [1.807, 2.05) is 0 Å². The van der Waals surface area contributed by atoms with E-state index in [1.165, 1.54) is 6.07 Å². The number of nitrogens with one attached hydrogen (secondary N) is 1. The lowest BCUT2D eigenvalue weighted by Gasteiger charge is -2.13. The molecule has 1 heterocycles. The zero-order chi connectivity index (χ0) is 15.6. The number of nitriles is 1. The third kappa shape index (κ3) is 3.22. The molecule has 0 aliphatic rings. The third-order valence-electron chi connectivity index (χ3n) is 2.39. The molecule has 0 aliphatic heterocycles. The predicted molar refractivity (Wildman–Crippen MR) is 68.8 cm³/mol. The summed E-state index contributed by atoms with van der Waals surface area (Å²) < 4.78 is 43.8. The number of hydrogen-bond donors (Lipinski definition) is 1. The van der Waals surface area contributed by atoms with Gasteiger partial charge in [-0.05, 0) is 34.1 Å². The average molecular weight is 360 g/mol. The van der Waals surface area contributed by atoms with E-state index in [0.29, 0.717) is 6.07 Å². The Morgan fingerprint density at radius 1 is 1.38 bits per heavy atom. The fraction of sp³-hybridized carbons (Fsp3) is 0.0833. The van der Waals surface area contributed by atoms with Gasteiger partial charge in [-0.15, -0.1) is 0 Å². The smallest absolute Gasteiger partial charge is 0.420 e. The summed E-state index contributed by atoms with van der Waals surface area (Å²) in [6, 6.07) is 4.45. The second-order valence-corrected chi connectivity index (χ2v) is 4.57. The molecule has 1 N–H and O–H groups in total. The minimum absolute atomic E-state index is 0.137. The maximum Gasteiger partial charge on any atom is 0.420 e. The van der Waals surface area contributed by atoms with Crippen LogP contribution in [0.2, 0.25) is 0 Å². The first-order valence-electron chi connectivity index (χ1n) is 5.35. The average Bonchev–Trinajstić information content (AvgIpc) is 2.43. The van der Waals surface area contributed by atoms with Crippen LogP contribution in [0.3, 0.4) is 0 Å². The molecule has 1 aromatic carbocycles. The van der Waals surface area contributed by atoms with Crippen molar-refractivity contribution in [2.24, 2.45) is 0 Å². The number of nitrogens with zero attached hydrogens (tertiary/aromatic N) is 2. The summed E-state index contributed by atoms with van der Waals surface area (Å²) in [6.07, 6.45) is -3.71. The predicted octanol–water partition coefficient (Wildman–Crippen LogP) is 3.22. The molecule has 0 amide bonds. The van der Waals surface area contributed by atoms with E-state index >= 15 is 0 Å². The molecule has 2 rings (SSSR count). The van der Waals surface area contributed by atoms with Gasteiger partial charge in [-0.1, -0.05) is 0 Å². The van der Waals surface area contributed by atoms with Gasteiger partial charge in [-0.2, -0.15) is 18.4 Å². The normalized spacial score (nSPS) is 11.0. The number of H-pyrrole nitrogens is 1. The summed E-state index contributed by atoms with van der Waals surface area (Å²) in [5, 5.41) is 8.67. The maximum atomic E-state index is 13.0. The van der Waals surface area contributed by atoms with E-state index in [-0.39, 0.29) is 15.9 Å². The molecule has 0 saturated carbocycles. The standard InChI is InChI=1S/C12H5BrF3N3O2/c13-9-10(20)18-5-19-11(9)21-8-2-1-6(4-17)3-7(8)12(14,15)16/h1-3,5H,(H,18,19,20). The molecule has 0 saturated heterocycles. The summed E-state index contributed by atoms with van der Waals surface area (Å²) in [7, 11) is 0. The first-order valence-corrected chi connectivity index (χ1v) is 6.14. The van der Waals surface area contributed by atoms with Crippen molar-refractivity contribution in [2.75, 3.05) is 0 Å². The Morgan fingerprint density at radius 3 is 2.71 bits per heavy atom. The van der Waals surface area contributed by atoms with Gasteiger partial charge >= 0.3 is 6.18 Å². The molecule has 0 fully saturated rings. The van der Waals surface area contributed by atoms with Crippen LogP contribution < -0.4 is 10.3 Å². The summed E-state index contributed by atoms with van der Waals surface area (Å²) in [5.74, 6) is -0.866. The fourth-order valence-electron chi connectivity index (χ4n) is 1.45. The number of hydrogen-bond acceptors (Lipinski definition) is 4. The van der Waals surface area contributed by atoms with Crippen LogP contribution in [-0.2, 0) is 6.18 Å². The number of aromatic amines is 1. The van der Waals surface area contributed by atoms with Crippen LogP contribution in [0.25, 0.3) is 0 Å². The molecule has 5 nitrogen and oxygen atoms in total. The number of ether oxygens (including phenoxy) is 1. The van der Waals surface area contributed by atoms with Crippen LogP contribution in [0.5, 0.6) is 11.6 Å². The van der Waals surface area contributed by atoms with Gasteiger partial charge in [-0.25, -0.2) is 4.98 Å². The summed E-state index contributed by atoms with van der Waals surface area (Å²) in [6.45, 7) is 0. The molecular weight excluding hydrogens is 355 g/mol. The van der Waals surface area contributed by atoms with Crippen molar-refractivity contribution >= 4 is 15.9 Å². The zero-order valence-electron chi connectivity index (χ0n) is 10.0. The summed E-state index contributed by atoms with van der Waals surface area (Å²) >= 11 is 2.88. The fourth-order valence-corrected chi connectivity index (χ4v) is 1.75. The molecule has 0 spiro atoms. The molecule has 0 radical (unpaired) electrons. The minimum Gasteiger partial charge on any atom is -0.437 e. The molecule has 0 aliphatic carbocycles. The number of aromatic nitrogens is 2. The van der Waals surface area contributed by atoms with Crippen molar-refractivity contribution in [2.45, 2.75) is 6.18 Å². The van der Waals surface area contributed by atoms with Crippen LogP contribution in [0.1, 0.15) is 11.1 Å². The quantitative estimate of drug-likeness (QED) is 0.892. The second kappa shape index (κ2) is 5.57. The number of benzene rings is 1. The first-order chi connectivity index (χ1) is 9.82. The van der Waals surface area contributed by atoms with E-state index in [1.54, 1.807) is 6.07 Å². The lowest BCUT2D eigenvalue weighted by atomic mass is 10.1. The molecule has 1 aromatic heterocycles. The Labute approximate surface area is 124 Å². The molecule has 2 aromatic rings. The summed E-state index contributed by atoms with van der Waals surface area (Å²) in [5.41, 5.74) is -1.88. The highest BCUT2D eigenvalue weighted by atomic mass is 79.9. The Balaban J connectivity index is 2.52. The van der Waals surface area contributed by atoms with Gasteiger partial charge < -0.3 is 9.72 Å². The second-order valence-electron chi connectivity index (χ2n) is 3.77. The van der Waals surface area contributed by atoms with Crippen molar-refractivity contribution in [3.05, 3.63) is 50.5 Å². The van der Waals surface area contributed by atoms with Gasteiger partial charge in [0, 0.05) is 0 Å². The molecule has 0 atom stereocenters. The van der Waals surface area contributed by atoms with E-state index < -0.39 is 23.0 Å². The summed E-state index contributed by atoms with van der Waals surface area (Å²) in [4.78, 5) is 17.2. The van der Waals surface area contributed by atoms with E-state index in [0.717, 1.165) is 12.4 Å². The Morgan fingerprint density at radius 2 is 2.10 bits per heavy atom. The molecule has 9 heteroatoms. The third-order valence-corrected chi connectivity index (χ3v) is 3.08. The van der Waals surface area contributed by atoms with Gasteiger partial charge in [0.15, 0.2) is 0 Å². The van der Waals surface area contributed by atoms with Gasteiger partial charge in [0.1, 0.15) is 10.2 Å². The topological polar surface area (TPSA) is 78.8 Å². The largest absolute Gasteiger partial charge is 0.437 e. The Bertz CT molecular complexity index is 781. The van der Waals surface area contributed by atoms with Gasteiger partial charge in [0.2, 0.25) is 5.88 Å². The maximum absolute atomic E-state index is 13.0. The van der Waals surface area contributed by atoms with Crippen molar-refractivity contribution in [3.63, 3.8) is 0 Å². The molecule has 0 bridgehead atoms. The van der Waals surface area contributed by atoms with E-state index in [4.69, 9.17) is 10.00 Å². The molecule has 21 heavy (non-hydrogen) atoms. The van der Waals surface area contributed by atoms with Crippen LogP contribution in [-0.4, -0.2) is 9.97 Å². The monoisotopic (exact) mass is 359 g/mol. The van der Waals surface area contributed by atoms with Gasteiger partial charge in [-0.3, -0.25) is 4.79 Å². The lowest BCUT2D eigenvalue weighted by molar-refractivity contribution is -0.138. The number of alkyl halides is 3. The van der Waals surface area contributed by atoms with Crippen molar-refractivity contribution in [1.82, 2.24) is 9.97 Å². The molecule has 0 unspecified atom stereocenters. The SMILES string of the molecule is N#Cc1ccc(Oc2nc[nH]c(=O)c2Br)c(C(F)(F)F)c1. The van der Waals surface area contributed by atoms with E-state index in [9.17, 15) is 18.0 Å². The minimum atomic E-state index is -4.71. The van der Waals surface area contributed by atoms with Crippen LogP contribution in [0.15, 0.2) is 33.8 Å². The van der Waals surface area contributed by atoms with Gasteiger partial charge in [0.25, 0.3) is 5.56 Å². The highest BCUT2D eigenvalue weighted by Crippen LogP contribution is 2.38. The van der Waals surface area contributed by atoms with E-state index in [2.05, 4.69) is 25.9 Å². The van der Waals surface area contributed by atoms with Crippen LogP contribution in [0, 0.1) is 11.3 Å². The van der Waals surface area contributed by atoms with Crippen molar-refractivity contribution < 1.29 is 17.9 Å². The molecule has 108 valence electrons. The highest BCUT2D eigenvalue weighted by Gasteiger charge is 2.35. The van der Waals surface area contributed by atoms with Crippen molar-refractivity contribution in [1.29, 1.82) is 5.26 Å². The first kappa shape index (κ1) is 15.1. The molecular formula is C12H5BrF3N3O2.